The van der Waals surface area contributed by atoms with Crippen LogP contribution in [0.4, 0.5) is 0 Å². The van der Waals surface area contributed by atoms with Crippen molar-refractivity contribution in [2.75, 3.05) is 0 Å². The topological polar surface area (TPSA) is 70.5 Å². The molecule has 0 unspecified atom stereocenters. The van der Waals surface area contributed by atoms with Crippen molar-refractivity contribution in [2.24, 2.45) is 0 Å². The van der Waals surface area contributed by atoms with Gasteiger partial charge in [-0.3, -0.25) is 9.59 Å². The van der Waals surface area contributed by atoms with Crippen molar-refractivity contribution in [1.29, 1.82) is 0 Å². The second-order valence-corrected chi connectivity index (χ2v) is 8.42. The Labute approximate surface area is 180 Å². The van der Waals surface area contributed by atoms with Gasteiger partial charge >= 0.3 is 6.21 Å². The van der Waals surface area contributed by atoms with Crippen molar-refractivity contribution in [3.8, 4) is 0 Å². The standard InChI is InChI=1S/C13H16N2O.C13H16O/c1-10(2)13-6-4-3-5-11(13)7-8-12(16)9-15-14;1-9(2)12-5-3-4-10-8-11(14)6-7-13(10)12/h3-6,9-10H,7-8H2,1-2H3;3-5,9H,6-8H2,1-2H3. The van der Waals surface area contributed by atoms with E-state index >= 15 is 0 Å². The third-order valence-corrected chi connectivity index (χ3v) is 5.49. The van der Waals surface area contributed by atoms with Gasteiger partial charge in [0.05, 0.1) is 0 Å². The number of Topliss-reactive ketones (excluding diaryl/α,β-unsaturated/α-hetero) is 2. The number of rotatable bonds is 6. The number of hydrogen-bond donors (Lipinski definition) is 0. The molecule has 2 aromatic rings. The van der Waals surface area contributed by atoms with Gasteiger partial charge in [-0.2, -0.15) is 4.79 Å². The summed E-state index contributed by atoms with van der Waals surface area (Å²) >= 11 is 0. The molecule has 0 saturated heterocycles. The third kappa shape index (κ3) is 6.60. The first-order valence-corrected chi connectivity index (χ1v) is 10.7. The van der Waals surface area contributed by atoms with Gasteiger partial charge in [0.25, 0.3) is 0 Å². The van der Waals surface area contributed by atoms with Crippen molar-refractivity contribution in [1.82, 2.24) is 0 Å². The van der Waals surface area contributed by atoms with Crippen LogP contribution in [0, 0.1) is 0 Å². The lowest BCUT2D eigenvalue weighted by Gasteiger charge is -2.20. The number of carbonyl (C=O) groups is 2. The molecule has 0 amide bonds. The third-order valence-electron chi connectivity index (χ3n) is 5.49. The van der Waals surface area contributed by atoms with Gasteiger partial charge in [0.15, 0.2) is 0 Å². The molecule has 0 atom stereocenters. The highest BCUT2D eigenvalue weighted by molar-refractivity contribution is 6.25. The maximum atomic E-state index is 11.3. The summed E-state index contributed by atoms with van der Waals surface area (Å²) in [5, 5.41) is 0. The summed E-state index contributed by atoms with van der Waals surface area (Å²) in [6.07, 6.45) is 4.36. The molecular formula is C26H32N2O2. The van der Waals surface area contributed by atoms with E-state index in [0.29, 0.717) is 36.9 Å². The minimum absolute atomic E-state index is 0.152. The number of hydrogen-bond acceptors (Lipinski definition) is 2. The first-order chi connectivity index (χ1) is 14.3. The normalized spacial score (nSPS) is 12.7. The van der Waals surface area contributed by atoms with Crippen LogP contribution in [0.1, 0.15) is 80.2 Å². The fourth-order valence-electron chi connectivity index (χ4n) is 3.94. The molecule has 2 aromatic carbocycles. The van der Waals surface area contributed by atoms with Crippen LogP contribution in [-0.4, -0.2) is 22.6 Å². The van der Waals surface area contributed by atoms with Crippen LogP contribution in [0.2, 0.25) is 0 Å². The second-order valence-electron chi connectivity index (χ2n) is 8.42. The molecular weight excluding hydrogens is 372 g/mol. The Balaban J connectivity index is 0.000000215. The molecule has 4 nitrogen and oxygen atoms in total. The van der Waals surface area contributed by atoms with Gasteiger partial charge in [-0.25, -0.2) is 0 Å². The highest BCUT2D eigenvalue weighted by atomic mass is 16.1. The lowest BCUT2D eigenvalue weighted by molar-refractivity contribution is -0.118. The fourth-order valence-corrected chi connectivity index (χ4v) is 3.94. The molecule has 0 aliphatic heterocycles. The molecule has 1 aliphatic carbocycles. The Hall–Kier alpha value is -2.84. The van der Waals surface area contributed by atoms with Gasteiger partial charge in [-0.1, -0.05) is 70.2 Å². The van der Waals surface area contributed by atoms with Crippen molar-refractivity contribution in [3.63, 3.8) is 0 Å². The summed E-state index contributed by atoms with van der Waals surface area (Å²) in [4.78, 5) is 25.2. The monoisotopic (exact) mass is 404 g/mol. The molecule has 0 heterocycles. The van der Waals surface area contributed by atoms with Crippen LogP contribution in [0.3, 0.4) is 0 Å². The van der Waals surface area contributed by atoms with Crippen LogP contribution in [0.15, 0.2) is 42.5 Å². The molecule has 1 aliphatic rings. The molecule has 158 valence electrons. The predicted molar refractivity (Wildman–Crippen MR) is 121 cm³/mol. The zero-order valence-electron chi connectivity index (χ0n) is 18.5. The Kier molecular flexibility index (Phi) is 8.89. The summed E-state index contributed by atoms with van der Waals surface area (Å²) in [6, 6.07) is 14.5. The van der Waals surface area contributed by atoms with Crippen LogP contribution in [0.25, 0.3) is 5.53 Å². The maximum absolute atomic E-state index is 11.3. The SMILES string of the molecule is CC(C)c1cccc2c1CCC(=O)C2.CC(C)c1ccccc1CCC(=O)C=[N+]=[N-]. The van der Waals surface area contributed by atoms with Crippen molar-refractivity contribution in [3.05, 3.63) is 75.8 Å². The molecule has 0 aromatic heterocycles. The molecule has 0 N–H and O–H groups in total. The molecule has 3 rings (SSSR count). The number of nitrogens with zero attached hydrogens (tertiary/aromatic N) is 2. The predicted octanol–water partition coefficient (Wildman–Crippen LogP) is 5.48. The molecule has 30 heavy (non-hydrogen) atoms. The fraction of sp³-hybridized carbons (Fsp3) is 0.423. The highest BCUT2D eigenvalue weighted by Crippen LogP contribution is 2.27. The van der Waals surface area contributed by atoms with Crippen LogP contribution >= 0.6 is 0 Å². The van der Waals surface area contributed by atoms with E-state index in [1.807, 2.05) is 18.2 Å². The summed E-state index contributed by atoms with van der Waals surface area (Å²) in [6.45, 7) is 8.70. The van der Waals surface area contributed by atoms with E-state index in [1.165, 1.54) is 27.8 Å². The van der Waals surface area contributed by atoms with Gasteiger partial charge in [-0.15, -0.1) is 0 Å². The van der Waals surface area contributed by atoms with Crippen molar-refractivity contribution >= 4 is 17.8 Å². The summed E-state index contributed by atoms with van der Waals surface area (Å²) in [7, 11) is 0. The first kappa shape index (κ1) is 23.4. The Morgan fingerprint density at radius 1 is 1.00 bits per heavy atom. The first-order valence-electron chi connectivity index (χ1n) is 10.7. The number of benzene rings is 2. The summed E-state index contributed by atoms with van der Waals surface area (Å²) in [5.74, 6) is 1.26. The number of carbonyl (C=O) groups excluding carboxylic acids is 2. The molecule has 0 spiro atoms. The smallest absolute Gasteiger partial charge is 0.323 e. The van der Waals surface area contributed by atoms with E-state index in [4.69, 9.17) is 5.53 Å². The summed E-state index contributed by atoms with van der Waals surface area (Å²) in [5.41, 5.74) is 14.8. The van der Waals surface area contributed by atoms with E-state index in [1.54, 1.807) is 0 Å². The van der Waals surface area contributed by atoms with Gasteiger partial charge in [0.1, 0.15) is 5.78 Å². The Morgan fingerprint density at radius 3 is 2.33 bits per heavy atom. The molecule has 0 radical (unpaired) electrons. The van der Waals surface area contributed by atoms with Crippen molar-refractivity contribution in [2.45, 2.75) is 71.6 Å². The van der Waals surface area contributed by atoms with Crippen LogP contribution < -0.4 is 0 Å². The highest BCUT2D eigenvalue weighted by Gasteiger charge is 2.18. The van der Waals surface area contributed by atoms with Gasteiger partial charge in [0.2, 0.25) is 5.78 Å². The Morgan fingerprint density at radius 2 is 1.67 bits per heavy atom. The average Bonchev–Trinajstić information content (AvgIpc) is 2.72. The average molecular weight is 405 g/mol. The van der Waals surface area contributed by atoms with Gasteiger partial charge in [0, 0.05) is 19.3 Å². The zero-order chi connectivity index (χ0) is 22.1. The minimum atomic E-state index is -0.152. The maximum Gasteiger partial charge on any atom is 0.323 e. The second kappa shape index (κ2) is 11.4. The summed E-state index contributed by atoms with van der Waals surface area (Å²) < 4.78 is 0. The zero-order valence-corrected chi connectivity index (χ0v) is 18.5. The van der Waals surface area contributed by atoms with Crippen LogP contribution in [-0.2, 0) is 28.9 Å². The number of aryl methyl sites for hydroxylation is 1. The van der Waals surface area contributed by atoms with E-state index < -0.39 is 0 Å². The molecule has 0 fully saturated rings. The van der Waals surface area contributed by atoms with Crippen LogP contribution in [0.5, 0.6) is 0 Å². The Bertz CT molecular complexity index is 938. The molecule has 0 bridgehead atoms. The molecule has 0 saturated carbocycles. The quantitative estimate of drug-likeness (QED) is 0.363. The van der Waals surface area contributed by atoms with E-state index in [-0.39, 0.29) is 5.78 Å². The number of ketones is 2. The minimum Gasteiger partial charge on any atom is -0.361 e. The lowest BCUT2D eigenvalue weighted by atomic mass is 9.84. The van der Waals surface area contributed by atoms with Gasteiger partial charge < -0.3 is 5.53 Å². The van der Waals surface area contributed by atoms with Crippen molar-refractivity contribution < 1.29 is 14.4 Å². The molecule has 4 heteroatoms. The largest absolute Gasteiger partial charge is 0.361 e. The van der Waals surface area contributed by atoms with Gasteiger partial charge in [-0.05, 0) is 52.5 Å². The van der Waals surface area contributed by atoms with E-state index in [0.717, 1.165) is 19.1 Å². The lowest BCUT2D eigenvalue weighted by Crippen LogP contribution is -2.15. The van der Waals surface area contributed by atoms with E-state index in [2.05, 4.69) is 56.8 Å². The number of fused-ring (bicyclic) bond motifs is 1. The van der Waals surface area contributed by atoms with E-state index in [9.17, 15) is 9.59 Å².